The highest BCUT2D eigenvalue weighted by atomic mass is 35.5. The zero-order valence-corrected chi connectivity index (χ0v) is 7.72. The van der Waals surface area contributed by atoms with Gasteiger partial charge in [0.15, 0.2) is 0 Å². The number of pyridine rings is 1. The molecule has 1 aromatic rings. The molecule has 3 nitrogen and oxygen atoms in total. The summed E-state index contributed by atoms with van der Waals surface area (Å²) in [5.74, 6) is -0.621. The van der Waals surface area contributed by atoms with Gasteiger partial charge >= 0.3 is 0 Å². The largest absolute Gasteiger partial charge is 0.276 e. The Kier molecular flexibility index (Phi) is 3.08. The van der Waals surface area contributed by atoms with E-state index in [1.54, 1.807) is 0 Å². The average Bonchev–Trinajstić information content (AvgIpc) is 2.16. The number of aliphatic imine (C=N–C) groups is 2. The molecule has 0 atom stereocenters. The third-order valence-corrected chi connectivity index (χ3v) is 1.81. The predicted molar refractivity (Wildman–Crippen MR) is 51.7 cm³/mol. The third-order valence-electron chi connectivity index (χ3n) is 1.44. The molecule has 68 valence electrons. The van der Waals surface area contributed by atoms with E-state index in [-0.39, 0.29) is 5.17 Å². The summed E-state index contributed by atoms with van der Waals surface area (Å²) in [7, 11) is 1.51. The number of halogens is 2. The quantitative estimate of drug-likeness (QED) is 0.531. The van der Waals surface area contributed by atoms with Gasteiger partial charge in [0, 0.05) is 18.7 Å². The second kappa shape index (κ2) is 4.09. The van der Waals surface area contributed by atoms with Crippen molar-refractivity contribution < 1.29 is 4.39 Å². The van der Waals surface area contributed by atoms with Crippen LogP contribution in [0, 0.1) is 5.95 Å². The Balaban J connectivity index is 3.31. The van der Waals surface area contributed by atoms with Gasteiger partial charge in [0.1, 0.15) is 5.17 Å². The molecule has 0 fully saturated rings. The first kappa shape index (κ1) is 9.80. The van der Waals surface area contributed by atoms with Crippen LogP contribution in [0.4, 0.5) is 10.1 Å². The smallest absolute Gasteiger partial charge is 0.213 e. The van der Waals surface area contributed by atoms with Gasteiger partial charge in [-0.1, -0.05) is 11.6 Å². The first-order valence-corrected chi connectivity index (χ1v) is 3.81. The van der Waals surface area contributed by atoms with Gasteiger partial charge in [-0.05, 0) is 6.72 Å². The minimum atomic E-state index is -0.621. The van der Waals surface area contributed by atoms with E-state index in [4.69, 9.17) is 11.6 Å². The van der Waals surface area contributed by atoms with Crippen LogP contribution in [0.25, 0.3) is 0 Å². The van der Waals surface area contributed by atoms with Crippen LogP contribution in [0.1, 0.15) is 5.56 Å². The van der Waals surface area contributed by atoms with Gasteiger partial charge in [0.2, 0.25) is 5.95 Å². The summed E-state index contributed by atoms with van der Waals surface area (Å²) in [5.41, 5.74) is 0.809. The lowest BCUT2D eigenvalue weighted by atomic mass is 10.2. The molecule has 0 unspecified atom stereocenters. The van der Waals surface area contributed by atoms with Crippen LogP contribution in [0.5, 0.6) is 0 Å². The molecule has 1 rings (SSSR count). The first-order valence-electron chi connectivity index (χ1n) is 3.44. The van der Waals surface area contributed by atoms with Crippen LogP contribution in [0.15, 0.2) is 22.2 Å². The molecule has 0 saturated carbocycles. The van der Waals surface area contributed by atoms with Gasteiger partial charge in [-0.25, -0.2) is 4.98 Å². The van der Waals surface area contributed by atoms with Crippen LogP contribution in [0.2, 0.25) is 0 Å². The molecule has 5 heteroatoms. The van der Waals surface area contributed by atoms with E-state index in [0.29, 0.717) is 11.3 Å². The Bertz CT molecular complexity index is 362. The van der Waals surface area contributed by atoms with Crippen LogP contribution in [0.3, 0.4) is 0 Å². The number of nitrogens with zero attached hydrogens (tertiary/aromatic N) is 3. The highest BCUT2D eigenvalue weighted by Crippen LogP contribution is 2.20. The van der Waals surface area contributed by atoms with Crippen LogP contribution >= 0.6 is 11.6 Å². The third kappa shape index (κ3) is 2.09. The first-order chi connectivity index (χ1) is 6.19. The summed E-state index contributed by atoms with van der Waals surface area (Å²) < 4.78 is 12.7. The maximum atomic E-state index is 12.7. The fourth-order valence-corrected chi connectivity index (χ4v) is 0.986. The van der Waals surface area contributed by atoms with Crippen molar-refractivity contribution in [3.05, 3.63) is 23.8 Å². The Morgan fingerprint density at radius 2 is 2.38 bits per heavy atom. The SMILES string of the molecule is C=Nc1cnc(F)cc1C(Cl)=NC. The topological polar surface area (TPSA) is 37.6 Å². The molecular weight excluding hydrogens is 193 g/mol. The van der Waals surface area contributed by atoms with E-state index in [9.17, 15) is 4.39 Å². The predicted octanol–water partition coefficient (Wildman–Crippen LogP) is 2.17. The minimum Gasteiger partial charge on any atom is -0.276 e. The van der Waals surface area contributed by atoms with Crippen molar-refractivity contribution in [2.75, 3.05) is 7.05 Å². The highest BCUT2D eigenvalue weighted by Gasteiger charge is 2.07. The maximum absolute atomic E-state index is 12.7. The molecule has 0 aliphatic heterocycles. The van der Waals surface area contributed by atoms with Crippen molar-refractivity contribution in [2.45, 2.75) is 0 Å². The van der Waals surface area contributed by atoms with Gasteiger partial charge in [0.05, 0.1) is 11.9 Å². The summed E-state index contributed by atoms with van der Waals surface area (Å²) in [6, 6.07) is 1.17. The number of rotatable bonds is 2. The lowest BCUT2D eigenvalue weighted by molar-refractivity contribution is 0.584. The molecule has 0 aromatic carbocycles. The van der Waals surface area contributed by atoms with E-state index in [0.717, 1.165) is 0 Å². The molecule has 0 aliphatic carbocycles. The van der Waals surface area contributed by atoms with Crippen molar-refractivity contribution in [3.63, 3.8) is 0 Å². The molecule has 0 bridgehead atoms. The minimum absolute atomic E-state index is 0.184. The van der Waals surface area contributed by atoms with Gasteiger partial charge in [-0.2, -0.15) is 4.39 Å². The molecule has 0 aliphatic rings. The Labute approximate surface area is 80.0 Å². The average molecular weight is 200 g/mol. The second-order valence-electron chi connectivity index (χ2n) is 2.20. The van der Waals surface area contributed by atoms with Gasteiger partial charge < -0.3 is 0 Å². The van der Waals surface area contributed by atoms with Gasteiger partial charge in [-0.3, -0.25) is 9.98 Å². The van der Waals surface area contributed by atoms with E-state index < -0.39 is 5.95 Å². The molecule has 0 amide bonds. The maximum Gasteiger partial charge on any atom is 0.213 e. The number of hydrogen-bond acceptors (Lipinski definition) is 3. The monoisotopic (exact) mass is 199 g/mol. The van der Waals surface area contributed by atoms with Crippen molar-refractivity contribution >= 4 is 29.2 Å². The standard InChI is InChI=1S/C8H7ClFN3/c1-11-6-4-13-7(10)3-5(6)8(9)12-2/h3-4H,1H2,2H3. The summed E-state index contributed by atoms with van der Waals surface area (Å²) in [6.07, 6.45) is 1.26. The van der Waals surface area contributed by atoms with E-state index in [2.05, 4.69) is 21.7 Å². The Morgan fingerprint density at radius 1 is 1.69 bits per heavy atom. The van der Waals surface area contributed by atoms with Gasteiger partial charge in [-0.15, -0.1) is 0 Å². The molecule has 0 radical (unpaired) electrons. The molecule has 0 N–H and O–H groups in total. The van der Waals surface area contributed by atoms with Gasteiger partial charge in [0.25, 0.3) is 0 Å². The highest BCUT2D eigenvalue weighted by molar-refractivity contribution is 6.70. The molecule has 0 saturated heterocycles. The summed E-state index contributed by atoms with van der Waals surface area (Å²) in [6.45, 7) is 3.31. The number of hydrogen-bond donors (Lipinski definition) is 0. The zero-order valence-electron chi connectivity index (χ0n) is 6.96. The van der Waals surface area contributed by atoms with Crippen molar-refractivity contribution in [2.24, 2.45) is 9.98 Å². The lowest BCUT2D eigenvalue weighted by Gasteiger charge is -2.01. The van der Waals surface area contributed by atoms with E-state index >= 15 is 0 Å². The number of aromatic nitrogens is 1. The second-order valence-corrected chi connectivity index (χ2v) is 2.55. The van der Waals surface area contributed by atoms with Crippen LogP contribution in [-0.4, -0.2) is 23.9 Å². The van der Waals surface area contributed by atoms with E-state index in [1.165, 1.54) is 19.3 Å². The molecular formula is C8H7ClFN3. The summed E-state index contributed by atoms with van der Waals surface area (Å²) in [4.78, 5) is 10.8. The van der Waals surface area contributed by atoms with E-state index in [1.807, 2.05) is 0 Å². The molecule has 1 heterocycles. The summed E-state index contributed by atoms with van der Waals surface area (Å²) >= 11 is 5.71. The normalized spacial score (nSPS) is 11.5. The van der Waals surface area contributed by atoms with Crippen LogP contribution < -0.4 is 0 Å². The molecule has 1 aromatic heterocycles. The fourth-order valence-electron chi connectivity index (χ4n) is 0.834. The summed E-state index contributed by atoms with van der Waals surface area (Å²) in [5, 5.41) is 0.184. The van der Waals surface area contributed by atoms with Crippen molar-refractivity contribution in [1.82, 2.24) is 4.98 Å². The lowest BCUT2D eigenvalue weighted by Crippen LogP contribution is -1.94. The van der Waals surface area contributed by atoms with Crippen LogP contribution in [-0.2, 0) is 0 Å². The zero-order chi connectivity index (χ0) is 9.84. The fraction of sp³-hybridized carbons (Fsp3) is 0.125. The van der Waals surface area contributed by atoms with Crippen molar-refractivity contribution in [1.29, 1.82) is 0 Å². The Hall–Kier alpha value is -1.29. The molecule has 13 heavy (non-hydrogen) atoms. The Morgan fingerprint density at radius 3 is 2.92 bits per heavy atom. The van der Waals surface area contributed by atoms with Crippen molar-refractivity contribution in [3.8, 4) is 0 Å². The molecule has 0 spiro atoms.